The van der Waals surface area contributed by atoms with E-state index in [9.17, 15) is 0 Å². The van der Waals surface area contributed by atoms with Gasteiger partial charge in [0.05, 0.1) is 6.61 Å². The zero-order valence-electron chi connectivity index (χ0n) is 12.5. The fraction of sp³-hybridized carbons (Fsp3) is 1.00. The average molecular weight is 277 g/mol. The Morgan fingerprint density at radius 1 is 0.944 bits per heavy atom. The van der Waals surface area contributed by atoms with Crippen LogP contribution in [0.15, 0.2) is 0 Å². The van der Waals surface area contributed by atoms with Crippen LogP contribution in [0.5, 0.6) is 0 Å². The second-order valence-electron chi connectivity index (χ2n) is 4.65. The van der Waals surface area contributed by atoms with Crippen molar-refractivity contribution >= 4 is 8.80 Å². The van der Waals surface area contributed by atoms with Crippen molar-refractivity contribution in [3.63, 3.8) is 0 Å². The van der Waals surface area contributed by atoms with E-state index < -0.39 is 8.80 Å². The highest BCUT2D eigenvalue weighted by Crippen LogP contribution is 2.11. The summed E-state index contributed by atoms with van der Waals surface area (Å²) in [6, 6.07) is 0.0922. The first-order valence-electron chi connectivity index (χ1n) is 7.25. The molecule has 0 aromatic heterocycles. The van der Waals surface area contributed by atoms with Crippen LogP contribution in [0.25, 0.3) is 0 Å². The Balaban J connectivity index is 3.81. The maximum atomic E-state index is 6.04. The van der Waals surface area contributed by atoms with Gasteiger partial charge < -0.3 is 19.0 Å². The van der Waals surface area contributed by atoms with Crippen LogP contribution in [0.1, 0.15) is 52.9 Å². The highest BCUT2D eigenvalue weighted by Gasteiger charge is 2.34. The Morgan fingerprint density at radius 2 is 1.56 bits per heavy atom. The number of hydrogen-bond donors (Lipinski definition) is 1. The second-order valence-corrected chi connectivity index (χ2v) is 7.24. The molecule has 0 radical (unpaired) electrons. The number of hydrogen-bond acceptors (Lipinski definition) is 4. The molecular weight excluding hydrogens is 246 g/mol. The van der Waals surface area contributed by atoms with Gasteiger partial charge in [-0.05, 0) is 20.3 Å². The molecule has 0 aliphatic heterocycles. The molecule has 110 valence electrons. The molecule has 0 rings (SSSR count). The summed E-state index contributed by atoms with van der Waals surface area (Å²) < 4.78 is 17.0. The van der Waals surface area contributed by atoms with Crippen LogP contribution < -0.4 is 5.73 Å². The van der Waals surface area contributed by atoms with E-state index in [1.54, 1.807) is 0 Å². The summed E-state index contributed by atoms with van der Waals surface area (Å²) in [5, 5.41) is 0. The molecular formula is C13H31NO3Si. The van der Waals surface area contributed by atoms with Crippen LogP contribution in [0.2, 0.25) is 6.55 Å². The van der Waals surface area contributed by atoms with Gasteiger partial charge in [0, 0.05) is 25.8 Å². The summed E-state index contributed by atoms with van der Waals surface area (Å²) >= 11 is 0. The highest BCUT2D eigenvalue weighted by molar-refractivity contribution is 6.59. The summed E-state index contributed by atoms with van der Waals surface area (Å²) in [6.45, 7) is 9.84. The zero-order chi connectivity index (χ0) is 13.9. The van der Waals surface area contributed by atoms with E-state index in [1.807, 2.05) is 20.4 Å². The quantitative estimate of drug-likeness (QED) is 0.440. The normalized spacial score (nSPS) is 13.8. The third-order valence-corrected chi connectivity index (χ3v) is 5.12. The minimum absolute atomic E-state index is 0.0922. The van der Waals surface area contributed by atoms with E-state index in [-0.39, 0.29) is 6.04 Å². The Hall–Kier alpha value is 0.0569. The molecule has 0 fully saturated rings. The summed E-state index contributed by atoms with van der Waals surface area (Å²) in [7, 11) is -2.45. The van der Waals surface area contributed by atoms with E-state index >= 15 is 0 Å². The van der Waals surface area contributed by atoms with Crippen molar-refractivity contribution in [3.05, 3.63) is 0 Å². The van der Waals surface area contributed by atoms with E-state index in [4.69, 9.17) is 19.0 Å². The van der Waals surface area contributed by atoms with Crippen molar-refractivity contribution in [2.24, 2.45) is 5.73 Å². The molecule has 0 bridgehead atoms. The van der Waals surface area contributed by atoms with Crippen molar-refractivity contribution in [1.29, 1.82) is 0 Å². The Labute approximate surface area is 114 Å². The highest BCUT2D eigenvalue weighted by atomic mass is 28.4. The van der Waals surface area contributed by atoms with Gasteiger partial charge in [0.1, 0.15) is 0 Å². The zero-order valence-corrected chi connectivity index (χ0v) is 13.5. The third-order valence-electron chi connectivity index (χ3n) is 2.80. The van der Waals surface area contributed by atoms with Crippen molar-refractivity contribution in [1.82, 2.24) is 0 Å². The van der Waals surface area contributed by atoms with E-state index in [0.29, 0.717) is 19.8 Å². The smallest absolute Gasteiger partial charge is 0.374 e. The molecule has 0 aromatic carbocycles. The van der Waals surface area contributed by atoms with Crippen LogP contribution in [-0.4, -0.2) is 34.7 Å². The molecule has 5 heteroatoms. The monoisotopic (exact) mass is 277 g/mol. The van der Waals surface area contributed by atoms with Crippen molar-refractivity contribution < 1.29 is 13.3 Å². The molecule has 0 saturated heterocycles. The summed E-state index contributed by atoms with van der Waals surface area (Å²) in [5.41, 5.74) is 6.04. The summed E-state index contributed by atoms with van der Waals surface area (Å²) in [5.74, 6) is 0. The maximum absolute atomic E-state index is 6.04. The first-order chi connectivity index (χ1) is 8.58. The third kappa shape index (κ3) is 9.05. The molecule has 1 atom stereocenters. The molecule has 0 saturated carbocycles. The Bertz CT molecular complexity index is 187. The van der Waals surface area contributed by atoms with Crippen molar-refractivity contribution in [2.75, 3.05) is 19.8 Å². The van der Waals surface area contributed by atoms with Gasteiger partial charge in [-0.2, -0.15) is 0 Å². The number of unbranched alkanes of at least 4 members (excludes halogenated alkanes) is 3. The van der Waals surface area contributed by atoms with Crippen LogP contribution in [-0.2, 0) is 13.3 Å². The van der Waals surface area contributed by atoms with Crippen molar-refractivity contribution in [3.8, 4) is 0 Å². The molecule has 2 N–H and O–H groups in total. The first-order valence-corrected chi connectivity index (χ1v) is 9.47. The van der Waals surface area contributed by atoms with Gasteiger partial charge in [-0.3, -0.25) is 0 Å². The number of rotatable bonds is 12. The fourth-order valence-corrected chi connectivity index (χ4v) is 3.64. The van der Waals surface area contributed by atoms with E-state index in [1.165, 1.54) is 25.7 Å². The van der Waals surface area contributed by atoms with Gasteiger partial charge in [-0.25, -0.2) is 0 Å². The molecule has 0 spiro atoms. The Kier molecular flexibility index (Phi) is 11.0. The minimum Gasteiger partial charge on any atom is -0.374 e. The van der Waals surface area contributed by atoms with Gasteiger partial charge in [0.15, 0.2) is 0 Å². The molecule has 0 heterocycles. The van der Waals surface area contributed by atoms with Crippen LogP contribution in [0.3, 0.4) is 0 Å². The predicted octanol–water partition coefficient (Wildman–Crippen LogP) is 2.94. The lowest BCUT2D eigenvalue weighted by atomic mass is 10.1. The summed E-state index contributed by atoms with van der Waals surface area (Å²) in [6.07, 6.45) is 6.00. The molecule has 18 heavy (non-hydrogen) atoms. The lowest BCUT2D eigenvalue weighted by Gasteiger charge is -2.26. The standard InChI is InChI=1S/C13H31NO3Si/c1-5-8-9-10-11-13(14)12-17-18(4,15-6-2)16-7-3/h13H,5-12,14H2,1-4H3. The van der Waals surface area contributed by atoms with E-state index in [0.717, 1.165) is 6.42 Å². The van der Waals surface area contributed by atoms with Crippen LogP contribution in [0, 0.1) is 0 Å². The lowest BCUT2D eigenvalue weighted by molar-refractivity contribution is 0.0682. The molecule has 4 nitrogen and oxygen atoms in total. The van der Waals surface area contributed by atoms with Crippen LogP contribution >= 0.6 is 0 Å². The second kappa shape index (κ2) is 10.9. The Morgan fingerprint density at radius 3 is 2.06 bits per heavy atom. The van der Waals surface area contributed by atoms with Gasteiger partial charge in [0.2, 0.25) is 0 Å². The fourth-order valence-electron chi connectivity index (χ4n) is 1.82. The molecule has 0 aromatic rings. The molecule has 0 aliphatic rings. The van der Waals surface area contributed by atoms with Gasteiger partial charge in [-0.1, -0.05) is 32.6 Å². The lowest BCUT2D eigenvalue weighted by Crippen LogP contribution is -2.45. The van der Waals surface area contributed by atoms with E-state index in [2.05, 4.69) is 6.92 Å². The number of nitrogens with two attached hydrogens (primary N) is 1. The SMILES string of the molecule is CCCCCCC(N)CO[Si](C)(OCC)OCC. The molecule has 1 unspecified atom stereocenters. The molecule has 0 aliphatic carbocycles. The minimum atomic E-state index is -2.45. The van der Waals surface area contributed by atoms with Gasteiger partial charge in [0.25, 0.3) is 0 Å². The molecule has 0 amide bonds. The maximum Gasteiger partial charge on any atom is 0.497 e. The van der Waals surface area contributed by atoms with Crippen molar-refractivity contribution in [2.45, 2.75) is 65.5 Å². The first kappa shape index (κ1) is 18.1. The predicted molar refractivity (Wildman–Crippen MR) is 77.6 cm³/mol. The van der Waals surface area contributed by atoms with Crippen LogP contribution in [0.4, 0.5) is 0 Å². The topological polar surface area (TPSA) is 53.7 Å². The van der Waals surface area contributed by atoms with Gasteiger partial charge >= 0.3 is 8.80 Å². The average Bonchev–Trinajstić information content (AvgIpc) is 2.33. The van der Waals surface area contributed by atoms with Gasteiger partial charge in [-0.15, -0.1) is 0 Å². The summed E-state index contributed by atoms with van der Waals surface area (Å²) in [4.78, 5) is 0. The largest absolute Gasteiger partial charge is 0.497 e.